The molecule has 32 heavy (non-hydrogen) atoms. The number of pyridine rings is 1. The predicted molar refractivity (Wildman–Crippen MR) is 127 cm³/mol. The van der Waals surface area contributed by atoms with E-state index in [4.69, 9.17) is 9.72 Å². The summed E-state index contributed by atoms with van der Waals surface area (Å²) < 4.78 is 5.00. The lowest BCUT2D eigenvalue weighted by Crippen LogP contribution is -2.13. The molecule has 0 saturated heterocycles. The van der Waals surface area contributed by atoms with Crippen LogP contribution in [0.25, 0.3) is 22.2 Å². The first-order chi connectivity index (χ1) is 15.6. The molecule has 1 N–H and O–H groups in total. The molecule has 5 nitrogen and oxygen atoms in total. The van der Waals surface area contributed by atoms with Crippen molar-refractivity contribution >= 4 is 28.5 Å². The molecule has 0 aliphatic carbocycles. The lowest BCUT2D eigenvalue weighted by atomic mass is 10.0. The summed E-state index contributed by atoms with van der Waals surface area (Å²) in [6.45, 7) is 4.19. The van der Waals surface area contributed by atoms with Crippen LogP contribution >= 0.6 is 0 Å². The van der Waals surface area contributed by atoms with Gasteiger partial charge in [-0.1, -0.05) is 49.4 Å². The molecule has 0 aliphatic rings. The molecule has 0 aliphatic heterocycles. The smallest absolute Gasteiger partial charge is 0.338 e. The molecule has 160 valence electrons. The SMILES string of the molecule is CCOC(=O)c1ccc(NC(=O)c2cc(-c3ccc(CC)cc3)nc3ccccc23)cc1. The monoisotopic (exact) mass is 424 g/mol. The Kier molecular flexibility index (Phi) is 6.26. The number of benzene rings is 3. The number of anilines is 1. The number of para-hydroxylation sites is 1. The summed E-state index contributed by atoms with van der Waals surface area (Å²) >= 11 is 0. The van der Waals surface area contributed by atoms with E-state index in [0.717, 1.165) is 28.6 Å². The molecule has 0 fully saturated rings. The number of hydrogen-bond acceptors (Lipinski definition) is 4. The summed E-state index contributed by atoms with van der Waals surface area (Å²) in [6.07, 6.45) is 0.966. The molecule has 0 bridgehead atoms. The first-order valence-corrected chi connectivity index (χ1v) is 10.7. The second-order valence-corrected chi connectivity index (χ2v) is 7.37. The molecule has 5 heteroatoms. The third-order valence-electron chi connectivity index (χ3n) is 5.27. The lowest BCUT2D eigenvalue weighted by Gasteiger charge is -2.11. The van der Waals surface area contributed by atoms with Crippen molar-refractivity contribution in [3.05, 3.63) is 95.6 Å². The maximum Gasteiger partial charge on any atom is 0.338 e. The first kappa shape index (κ1) is 21.2. The van der Waals surface area contributed by atoms with E-state index in [0.29, 0.717) is 23.4 Å². The molecule has 4 rings (SSSR count). The predicted octanol–water partition coefficient (Wildman–Crippen LogP) is 5.89. The van der Waals surface area contributed by atoms with Gasteiger partial charge in [0, 0.05) is 16.6 Å². The van der Waals surface area contributed by atoms with Crippen LogP contribution in [0.5, 0.6) is 0 Å². The first-order valence-electron chi connectivity index (χ1n) is 10.7. The van der Waals surface area contributed by atoms with Crippen LogP contribution in [0.3, 0.4) is 0 Å². The minimum atomic E-state index is -0.385. The van der Waals surface area contributed by atoms with Crippen molar-refractivity contribution in [2.75, 3.05) is 11.9 Å². The molecule has 1 aromatic heterocycles. The maximum atomic E-state index is 13.2. The Balaban J connectivity index is 1.66. The van der Waals surface area contributed by atoms with Crippen molar-refractivity contribution in [2.24, 2.45) is 0 Å². The number of hydrogen-bond donors (Lipinski definition) is 1. The lowest BCUT2D eigenvalue weighted by molar-refractivity contribution is 0.0526. The Bertz CT molecular complexity index is 1260. The summed E-state index contributed by atoms with van der Waals surface area (Å²) in [5, 5.41) is 3.71. The van der Waals surface area contributed by atoms with E-state index >= 15 is 0 Å². The second-order valence-electron chi connectivity index (χ2n) is 7.37. The van der Waals surface area contributed by atoms with Crippen LogP contribution in [0.2, 0.25) is 0 Å². The molecule has 0 atom stereocenters. The molecule has 0 radical (unpaired) electrons. The number of esters is 1. The van der Waals surface area contributed by atoms with Crippen molar-refractivity contribution in [1.29, 1.82) is 0 Å². The topological polar surface area (TPSA) is 68.3 Å². The number of nitrogens with one attached hydrogen (secondary N) is 1. The number of amides is 1. The second kappa shape index (κ2) is 9.43. The summed E-state index contributed by atoms with van der Waals surface area (Å²) in [7, 11) is 0. The molecule has 0 saturated carbocycles. The molecule has 1 heterocycles. The van der Waals surface area contributed by atoms with Gasteiger partial charge in [-0.2, -0.15) is 0 Å². The molecule has 0 spiro atoms. The number of aromatic nitrogens is 1. The summed E-state index contributed by atoms with van der Waals surface area (Å²) in [5.74, 6) is -0.622. The van der Waals surface area contributed by atoms with Crippen molar-refractivity contribution in [3.8, 4) is 11.3 Å². The van der Waals surface area contributed by atoms with E-state index in [-0.39, 0.29) is 11.9 Å². The fourth-order valence-electron chi connectivity index (χ4n) is 3.52. The van der Waals surface area contributed by atoms with Gasteiger partial charge in [-0.3, -0.25) is 4.79 Å². The van der Waals surface area contributed by atoms with Crippen LogP contribution in [-0.4, -0.2) is 23.5 Å². The van der Waals surface area contributed by atoms with Gasteiger partial charge in [0.2, 0.25) is 0 Å². The van der Waals surface area contributed by atoms with Crippen LogP contribution in [0.15, 0.2) is 78.9 Å². The highest BCUT2D eigenvalue weighted by Crippen LogP contribution is 2.26. The normalized spacial score (nSPS) is 10.7. The Labute approximate surface area is 187 Å². The van der Waals surface area contributed by atoms with Crippen molar-refractivity contribution < 1.29 is 14.3 Å². The summed E-state index contributed by atoms with van der Waals surface area (Å²) in [4.78, 5) is 29.8. The van der Waals surface area contributed by atoms with Gasteiger partial charge in [-0.05, 0) is 55.3 Å². The fraction of sp³-hybridized carbons (Fsp3) is 0.148. The maximum absolute atomic E-state index is 13.2. The van der Waals surface area contributed by atoms with Crippen LogP contribution < -0.4 is 5.32 Å². The van der Waals surface area contributed by atoms with Crippen molar-refractivity contribution in [3.63, 3.8) is 0 Å². The molecule has 4 aromatic rings. The minimum absolute atomic E-state index is 0.237. The van der Waals surface area contributed by atoms with Crippen molar-refractivity contribution in [1.82, 2.24) is 4.98 Å². The molecule has 0 unspecified atom stereocenters. The van der Waals surface area contributed by atoms with Gasteiger partial charge >= 0.3 is 5.97 Å². The molecular weight excluding hydrogens is 400 g/mol. The number of ether oxygens (including phenoxy) is 1. The van der Waals surface area contributed by atoms with Gasteiger partial charge in [0.15, 0.2) is 0 Å². The average Bonchev–Trinajstić information content (AvgIpc) is 2.84. The van der Waals surface area contributed by atoms with E-state index in [1.165, 1.54) is 5.56 Å². The number of carbonyl (C=O) groups is 2. The van der Waals surface area contributed by atoms with E-state index in [1.807, 2.05) is 42.5 Å². The Morgan fingerprint density at radius 2 is 1.62 bits per heavy atom. The van der Waals surface area contributed by atoms with Crippen LogP contribution in [0.4, 0.5) is 5.69 Å². The van der Waals surface area contributed by atoms with Crippen LogP contribution in [-0.2, 0) is 11.2 Å². The Hall–Kier alpha value is -3.99. The Morgan fingerprint density at radius 1 is 0.906 bits per heavy atom. The van der Waals surface area contributed by atoms with Gasteiger partial charge in [-0.15, -0.1) is 0 Å². The molecule has 3 aromatic carbocycles. The van der Waals surface area contributed by atoms with Gasteiger partial charge in [-0.25, -0.2) is 9.78 Å². The third kappa shape index (κ3) is 4.52. The zero-order valence-electron chi connectivity index (χ0n) is 18.1. The zero-order valence-corrected chi connectivity index (χ0v) is 18.1. The highest BCUT2D eigenvalue weighted by Gasteiger charge is 2.15. The molecule has 1 amide bonds. The van der Waals surface area contributed by atoms with Gasteiger partial charge < -0.3 is 10.1 Å². The van der Waals surface area contributed by atoms with Crippen LogP contribution in [0.1, 0.15) is 40.1 Å². The van der Waals surface area contributed by atoms with Crippen LogP contribution in [0, 0.1) is 0 Å². The van der Waals surface area contributed by atoms with E-state index in [9.17, 15) is 9.59 Å². The zero-order chi connectivity index (χ0) is 22.5. The van der Waals surface area contributed by atoms with Crippen molar-refractivity contribution in [2.45, 2.75) is 20.3 Å². The highest BCUT2D eigenvalue weighted by atomic mass is 16.5. The number of aryl methyl sites for hydroxylation is 1. The summed E-state index contributed by atoms with van der Waals surface area (Å²) in [6, 6.07) is 24.3. The largest absolute Gasteiger partial charge is 0.462 e. The average molecular weight is 425 g/mol. The highest BCUT2D eigenvalue weighted by molar-refractivity contribution is 6.13. The standard InChI is InChI=1S/C27H24N2O3/c1-3-18-9-11-19(12-10-18)25-17-23(22-7-5-6-8-24(22)29-25)26(30)28-21-15-13-20(14-16-21)27(31)32-4-2/h5-17H,3-4H2,1-2H3,(H,28,30). The number of fused-ring (bicyclic) bond motifs is 1. The summed E-state index contributed by atoms with van der Waals surface area (Å²) in [5.41, 5.74) is 5.29. The van der Waals surface area contributed by atoms with Gasteiger partial charge in [0.25, 0.3) is 5.91 Å². The van der Waals surface area contributed by atoms with E-state index in [2.05, 4.69) is 24.4 Å². The third-order valence-corrected chi connectivity index (χ3v) is 5.27. The molecular formula is C27H24N2O3. The van der Waals surface area contributed by atoms with E-state index < -0.39 is 0 Å². The van der Waals surface area contributed by atoms with Gasteiger partial charge in [0.1, 0.15) is 0 Å². The fourth-order valence-corrected chi connectivity index (χ4v) is 3.52. The number of carbonyl (C=O) groups excluding carboxylic acids is 2. The van der Waals surface area contributed by atoms with E-state index in [1.54, 1.807) is 31.2 Å². The number of rotatable bonds is 6. The minimum Gasteiger partial charge on any atom is -0.462 e. The quantitative estimate of drug-likeness (QED) is 0.392. The number of nitrogens with zero attached hydrogens (tertiary/aromatic N) is 1. The Morgan fingerprint density at radius 3 is 2.31 bits per heavy atom. The van der Waals surface area contributed by atoms with Gasteiger partial charge in [0.05, 0.1) is 28.9 Å².